The zero-order valence-corrected chi connectivity index (χ0v) is 13.4. The van der Waals surface area contributed by atoms with Gasteiger partial charge < -0.3 is 9.47 Å². The molecule has 0 heterocycles. The van der Waals surface area contributed by atoms with Gasteiger partial charge in [-0.25, -0.2) is 8.42 Å². The van der Waals surface area contributed by atoms with Crippen molar-refractivity contribution in [2.75, 3.05) is 7.11 Å². The molecule has 0 N–H and O–H groups in total. The number of nitrogens with zero attached hydrogens (tertiary/aromatic N) is 1. The molecular weight excluding hydrogens is 322 g/mol. The van der Waals surface area contributed by atoms with E-state index in [1.54, 1.807) is 0 Å². The largest absolute Gasteiger partial charge is 0.492 e. The number of hydrogen-bond acceptors (Lipinski definition) is 6. The summed E-state index contributed by atoms with van der Waals surface area (Å²) in [4.78, 5) is 9.73. The van der Waals surface area contributed by atoms with Crippen LogP contribution in [0.2, 0.25) is 0 Å². The Labute approximate surface area is 127 Å². The lowest BCUT2D eigenvalue weighted by molar-refractivity contribution is -0.385. The van der Waals surface area contributed by atoms with E-state index in [0.717, 1.165) is 12.1 Å². The summed E-state index contributed by atoms with van der Waals surface area (Å²) in [6, 6.07) is 1.98. The molecule has 1 aromatic carbocycles. The van der Waals surface area contributed by atoms with Crippen molar-refractivity contribution >= 4 is 25.4 Å². The molecule has 0 radical (unpaired) electrons. The fourth-order valence-corrected chi connectivity index (χ4v) is 2.78. The minimum absolute atomic E-state index is 0.0142. The molecule has 118 valence electrons. The van der Waals surface area contributed by atoms with E-state index in [-0.39, 0.29) is 17.6 Å². The van der Waals surface area contributed by atoms with E-state index in [0.29, 0.717) is 12.8 Å². The number of halogens is 1. The number of hydrogen-bond donors (Lipinski definition) is 0. The van der Waals surface area contributed by atoms with Gasteiger partial charge in [0.05, 0.1) is 24.2 Å². The molecule has 0 aliphatic rings. The fourth-order valence-electron chi connectivity index (χ4n) is 1.77. The predicted octanol–water partition coefficient (Wildman–Crippen LogP) is 3.10. The molecule has 0 unspecified atom stereocenters. The molecule has 1 aromatic rings. The molecule has 1 rings (SSSR count). The first kappa shape index (κ1) is 17.5. The summed E-state index contributed by atoms with van der Waals surface area (Å²) in [5.74, 6) is -0.151. The minimum Gasteiger partial charge on any atom is -0.492 e. The SMILES string of the molecule is CCC(CC)Oc1cc([N+](=O)[O-])cc(S(=O)(=O)Cl)c1OC. The number of non-ortho nitro benzene ring substituents is 1. The molecule has 21 heavy (non-hydrogen) atoms. The predicted molar refractivity (Wildman–Crippen MR) is 77.7 cm³/mol. The molecule has 0 aliphatic carbocycles. The van der Waals surface area contributed by atoms with Gasteiger partial charge in [0, 0.05) is 16.7 Å². The molecule has 0 spiro atoms. The third-order valence-electron chi connectivity index (χ3n) is 2.89. The van der Waals surface area contributed by atoms with E-state index in [2.05, 4.69) is 0 Å². The highest BCUT2D eigenvalue weighted by atomic mass is 35.7. The highest BCUT2D eigenvalue weighted by Gasteiger charge is 2.27. The first-order valence-electron chi connectivity index (χ1n) is 6.22. The maximum absolute atomic E-state index is 11.6. The third-order valence-corrected chi connectivity index (χ3v) is 4.21. The Kier molecular flexibility index (Phi) is 5.79. The van der Waals surface area contributed by atoms with Gasteiger partial charge in [0.2, 0.25) is 0 Å². The fraction of sp³-hybridized carbons (Fsp3) is 0.500. The quantitative estimate of drug-likeness (QED) is 0.431. The van der Waals surface area contributed by atoms with Crippen LogP contribution in [-0.2, 0) is 9.05 Å². The molecule has 0 amide bonds. The lowest BCUT2D eigenvalue weighted by Crippen LogP contribution is -2.15. The number of benzene rings is 1. The second-order valence-electron chi connectivity index (χ2n) is 4.23. The summed E-state index contributed by atoms with van der Waals surface area (Å²) < 4.78 is 33.8. The summed E-state index contributed by atoms with van der Waals surface area (Å²) in [5.41, 5.74) is -0.434. The first-order chi connectivity index (χ1) is 9.74. The van der Waals surface area contributed by atoms with Crippen LogP contribution in [0.4, 0.5) is 5.69 Å². The van der Waals surface area contributed by atoms with Gasteiger partial charge in [-0.3, -0.25) is 10.1 Å². The Hall–Kier alpha value is -1.54. The van der Waals surface area contributed by atoms with Crippen molar-refractivity contribution < 1.29 is 22.8 Å². The van der Waals surface area contributed by atoms with Crippen molar-refractivity contribution in [1.29, 1.82) is 0 Å². The average molecular weight is 338 g/mol. The van der Waals surface area contributed by atoms with Crippen LogP contribution >= 0.6 is 10.7 Å². The molecule has 9 heteroatoms. The van der Waals surface area contributed by atoms with Gasteiger partial charge in [0.1, 0.15) is 4.90 Å². The van der Waals surface area contributed by atoms with Crippen LogP contribution < -0.4 is 9.47 Å². The van der Waals surface area contributed by atoms with Crippen molar-refractivity contribution in [3.8, 4) is 11.5 Å². The van der Waals surface area contributed by atoms with Gasteiger partial charge in [-0.15, -0.1) is 0 Å². The summed E-state index contributed by atoms with van der Waals surface area (Å²) >= 11 is 0. The molecule has 7 nitrogen and oxygen atoms in total. The Morgan fingerprint density at radius 1 is 1.33 bits per heavy atom. The number of nitro groups is 1. The van der Waals surface area contributed by atoms with Crippen molar-refractivity contribution in [3.63, 3.8) is 0 Å². The lowest BCUT2D eigenvalue weighted by atomic mass is 10.2. The molecule has 0 aliphatic heterocycles. The molecule has 0 saturated carbocycles. The van der Waals surface area contributed by atoms with E-state index in [1.165, 1.54) is 7.11 Å². The van der Waals surface area contributed by atoms with E-state index < -0.39 is 24.6 Å². The maximum atomic E-state index is 11.6. The monoisotopic (exact) mass is 337 g/mol. The third kappa shape index (κ3) is 4.21. The van der Waals surface area contributed by atoms with Gasteiger partial charge in [0.25, 0.3) is 14.7 Å². The summed E-state index contributed by atoms with van der Waals surface area (Å²) in [5, 5.41) is 10.9. The zero-order valence-electron chi connectivity index (χ0n) is 11.8. The van der Waals surface area contributed by atoms with Crippen molar-refractivity contribution in [1.82, 2.24) is 0 Å². The second-order valence-corrected chi connectivity index (χ2v) is 6.76. The molecule has 0 fully saturated rings. The van der Waals surface area contributed by atoms with Crippen LogP contribution in [0.1, 0.15) is 26.7 Å². The second kappa shape index (κ2) is 6.95. The Bertz CT molecular complexity index is 627. The van der Waals surface area contributed by atoms with Crippen LogP contribution in [0.15, 0.2) is 17.0 Å². The van der Waals surface area contributed by atoms with Crippen LogP contribution in [0.3, 0.4) is 0 Å². The highest BCUT2D eigenvalue weighted by Crippen LogP contribution is 2.40. The average Bonchev–Trinajstić information content (AvgIpc) is 2.42. The zero-order chi connectivity index (χ0) is 16.2. The van der Waals surface area contributed by atoms with Crippen molar-refractivity contribution in [2.45, 2.75) is 37.7 Å². The molecule has 0 bridgehead atoms. The number of nitro benzene ring substituents is 1. The van der Waals surface area contributed by atoms with Gasteiger partial charge in [0.15, 0.2) is 11.5 Å². The normalized spacial score (nSPS) is 11.5. The van der Waals surface area contributed by atoms with E-state index >= 15 is 0 Å². The van der Waals surface area contributed by atoms with Crippen molar-refractivity contribution in [2.24, 2.45) is 0 Å². The van der Waals surface area contributed by atoms with Crippen LogP contribution in [0.25, 0.3) is 0 Å². The Morgan fingerprint density at radius 2 is 1.90 bits per heavy atom. The van der Waals surface area contributed by atoms with Crippen LogP contribution in [0.5, 0.6) is 11.5 Å². The van der Waals surface area contributed by atoms with Gasteiger partial charge in [-0.05, 0) is 12.8 Å². The minimum atomic E-state index is -4.21. The molecule has 0 atom stereocenters. The Morgan fingerprint density at radius 3 is 2.29 bits per heavy atom. The lowest BCUT2D eigenvalue weighted by Gasteiger charge is -2.18. The molecular formula is C12H16ClNO6S. The highest BCUT2D eigenvalue weighted by molar-refractivity contribution is 8.13. The number of ether oxygens (including phenoxy) is 2. The first-order valence-corrected chi connectivity index (χ1v) is 8.53. The Balaban J connectivity index is 3.53. The smallest absolute Gasteiger partial charge is 0.274 e. The van der Waals surface area contributed by atoms with Gasteiger partial charge in [-0.1, -0.05) is 13.8 Å². The topological polar surface area (TPSA) is 95.7 Å². The summed E-state index contributed by atoms with van der Waals surface area (Å²) in [6.07, 6.45) is 1.10. The van der Waals surface area contributed by atoms with Gasteiger partial charge >= 0.3 is 0 Å². The van der Waals surface area contributed by atoms with Gasteiger partial charge in [-0.2, -0.15) is 0 Å². The maximum Gasteiger partial charge on any atom is 0.274 e. The van der Waals surface area contributed by atoms with E-state index in [9.17, 15) is 18.5 Å². The van der Waals surface area contributed by atoms with Crippen LogP contribution in [0, 0.1) is 10.1 Å². The van der Waals surface area contributed by atoms with E-state index in [4.69, 9.17) is 20.2 Å². The van der Waals surface area contributed by atoms with Crippen molar-refractivity contribution in [3.05, 3.63) is 22.2 Å². The summed E-state index contributed by atoms with van der Waals surface area (Å²) in [7, 11) is 2.34. The summed E-state index contributed by atoms with van der Waals surface area (Å²) in [6.45, 7) is 3.77. The standard InChI is InChI=1S/C12H16ClNO6S/c1-4-9(5-2)20-10-6-8(14(15)16)7-11(12(10)19-3)21(13,17)18/h6-7,9H,4-5H2,1-3H3. The van der Waals surface area contributed by atoms with E-state index in [1.807, 2.05) is 13.8 Å². The van der Waals surface area contributed by atoms with Crippen LogP contribution in [-0.4, -0.2) is 26.6 Å². The number of methoxy groups -OCH3 is 1. The molecule has 0 aromatic heterocycles. The molecule has 0 saturated heterocycles. The number of rotatable bonds is 7.